The van der Waals surface area contributed by atoms with Crippen molar-refractivity contribution in [3.8, 4) is 11.5 Å². The normalized spacial score (nSPS) is 23.0. The molecular weight excluding hydrogens is 428 g/mol. The van der Waals surface area contributed by atoms with Crippen molar-refractivity contribution in [3.63, 3.8) is 0 Å². The molecule has 172 valence electrons. The van der Waals surface area contributed by atoms with Crippen LogP contribution in [0.3, 0.4) is 0 Å². The highest BCUT2D eigenvalue weighted by molar-refractivity contribution is 7.89. The number of sulfonamides is 1. The Labute approximate surface area is 189 Å². The predicted molar refractivity (Wildman–Crippen MR) is 121 cm³/mol. The van der Waals surface area contributed by atoms with Crippen LogP contribution in [0.25, 0.3) is 0 Å². The number of methoxy groups -OCH3 is 1. The Morgan fingerprint density at radius 2 is 1.94 bits per heavy atom. The molecule has 8 heteroatoms. The summed E-state index contributed by atoms with van der Waals surface area (Å²) in [6, 6.07) is 13.8. The van der Waals surface area contributed by atoms with E-state index in [1.54, 1.807) is 37.4 Å². The van der Waals surface area contributed by atoms with Gasteiger partial charge in [0, 0.05) is 31.1 Å². The number of fused-ring (bicyclic) bond motifs is 1. The first-order valence-corrected chi connectivity index (χ1v) is 12.4. The molecule has 1 N–H and O–H groups in total. The fourth-order valence-electron chi connectivity index (χ4n) is 4.49. The summed E-state index contributed by atoms with van der Waals surface area (Å²) < 4.78 is 38.9. The topological polar surface area (TPSA) is 84.9 Å². The summed E-state index contributed by atoms with van der Waals surface area (Å²) in [5.41, 5.74) is 0.454. The summed E-state index contributed by atoms with van der Waals surface area (Å²) in [5, 5.41) is 3.17. The summed E-state index contributed by atoms with van der Waals surface area (Å²) in [7, 11) is -2.01. The third-order valence-corrected chi connectivity index (χ3v) is 8.01. The molecule has 4 rings (SSSR count). The number of hydrogen-bond donors (Lipinski definition) is 1. The molecule has 2 aromatic rings. The van der Waals surface area contributed by atoms with E-state index in [4.69, 9.17) is 9.47 Å². The van der Waals surface area contributed by atoms with Gasteiger partial charge in [-0.3, -0.25) is 4.79 Å². The third-order valence-electron chi connectivity index (χ3n) is 6.13. The van der Waals surface area contributed by atoms with Gasteiger partial charge in [-0.1, -0.05) is 18.2 Å². The van der Waals surface area contributed by atoms with Crippen molar-refractivity contribution in [1.29, 1.82) is 0 Å². The third kappa shape index (κ3) is 4.61. The van der Waals surface area contributed by atoms with Gasteiger partial charge in [-0.25, -0.2) is 8.42 Å². The van der Waals surface area contributed by atoms with Crippen LogP contribution in [0.15, 0.2) is 53.4 Å². The first-order valence-electron chi connectivity index (χ1n) is 10.9. The van der Waals surface area contributed by atoms with E-state index in [1.165, 1.54) is 4.31 Å². The van der Waals surface area contributed by atoms with Gasteiger partial charge in [0.05, 0.1) is 24.0 Å². The average molecular weight is 459 g/mol. The second-order valence-electron chi connectivity index (χ2n) is 9.05. The highest BCUT2D eigenvalue weighted by atomic mass is 32.2. The molecule has 32 heavy (non-hydrogen) atoms. The van der Waals surface area contributed by atoms with E-state index in [-0.39, 0.29) is 23.4 Å². The zero-order valence-corrected chi connectivity index (χ0v) is 19.5. The molecule has 2 atom stereocenters. The van der Waals surface area contributed by atoms with Gasteiger partial charge in [-0.05, 0) is 51.0 Å². The van der Waals surface area contributed by atoms with Crippen LogP contribution >= 0.6 is 0 Å². The smallest absolute Gasteiger partial charge is 0.243 e. The van der Waals surface area contributed by atoms with Crippen LogP contribution in [-0.2, 0) is 14.8 Å². The second-order valence-corrected chi connectivity index (χ2v) is 11.0. The molecule has 2 aliphatic rings. The number of ether oxygens (including phenoxy) is 2. The molecule has 1 amide bonds. The summed E-state index contributed by atoms with van der Waals surface area (Å²) in [5.74, 6) is 0.876. The fourth-order valence-corrected chi connectivity index (χ4v) is 6.04. The maximum absolute atomic E-state index is 13.2. The van der Waals surface area contributed by atoms with Gasteiger partial charge in [-0.15, -0.1) is 0 Å². The molecule has 0 radical (unpaired) electrons. The molecule has 0 saturated carbocycles. The molecular formula is C24H30N2O5S. The monoisotopic (exact) mass is 458 g/mol. The van der Waals surface area contributed by atoms with Crippen molar-refractivity contribution in [1.82, 2.24) is 9.62 Å². The van der Waals surface area contributed by atoms with Gasteiger partial charge in [-0.2, -0.15) is 4.31 Å². The second kappa shape index (κ2) is 8.75. The van der Waals surface area contributed by atoms with E-state index in [9.17, 15) is 13.2 Å². The average Bonchev–Trinajstić information content (AvgIpc) is 2.78. The van der Waals surface area contributed by atoms with Gasteiger partial charge in [0.25, 0.3) is 0 Å². The van der Waals surface area contributed by atoms with E-state index in [1.807, 2.05) is 32.0 Å². The van der Waals surface area contributed by atoms with Gasteiger partial charge in [0.1, 0.15) is 17.1 Å². The molecule has 2 aliphatic heterocycles. The molecule has 2 aromatic carbocycles. The Kier molecular flexibility index (Phi) is 6.18. The number of piperidine rings is 1. The van der Waals surface area contributed by atoms with E-state index in [0.29, 0.717) is 37.3 Å². The zero-order valence-electron chi connectivity index (χ0n) is 18.7. The Bertz CT molecular complexity index is 1080. The standard InChI is InChI=1S/C24H30N2O5S/c1-24(2)15-21(20-12-11-18(30-3)14-22(20)31-24)25-23(27)17-8-7-13-26(16-17)32(28,29)19-9-5-4-6-10-19/h4-6,9-12,14,17,21H,7-8,13,15-16H2,1-3H3,(H,25,27)/t17-,21+/m0/s1. The largest absolute Gasteiger partial charge is 0.497 e. The van der Waals surface area contributed by atoms with Crippen LogP contribution in [0.5, 0.6) is 11.5 Å². The lowest BCUT2D eigenvalue weighted by Crippen LogP contribution is -2.48. The number of hydrogen-bond acceptors (Lipinski definition) is 5. The predicted octanol–water partition coefficient (Wildman–Crippen LogP) is 3.51. The molecule has 0 aliphatic carbocycles. The highest BCUT2D eigenvalue weighted by Gasteiger charge is 2.38. The number of carbonyl (C=O) groups excluding carboxylic acids is 1. The van der Waals surface area contributed by atoms with Crippen LogP contribution in [0, 0.1) is 5.92 Å². The van der Waals surface area contributed by atoms with E-state index >= 15 is 0 Å². The Hall–Kier alpha value is -2.58. The lowest BCUT2D eigenvalue weighted by Gasteiger charge is -2.39. The first-order chi connectivity index (χ1) is 15.2. The van der Waals surface area contributed by atoms with Crippen molar-refractivity contribution >= 4 is 15.9 Å². The SMILES string of the molecule is COc1ccc2c(c1)OC(C)(C)C[C@H]2NC(=O)[C@H]1CCCN(S(=O)(=O)c2ccccc2)C1. The Balaban J connectivity index is 1.50. The van der Waals surface area contributed by atoms with E-state index in [0.717, 1.165) is 5.56 Å². The molecule has 0 bridgehead atoms. The van der Waals surface area contributed by atoms with Crippen LogP contribution in [0.2, 0.25) is 0 Å². The zero-order chi connectivity index (χ0) is 22.9. The molecule has 0 spiro atoms. The maximum atomic E-state index is 13.2. The van der Waals surface area contributed by atoms with Gasteiger partial charge >= 0.3 is 0 Å². The van der Waals surface area contributed by atoms with Crippen LogP contribution < -0.4 is 14.8 Å². The van der Waals surface area contributed by atoms with Crippen molar-refractivity contribution in [2.75, 3.05) is 20.2 Å². The lowest BCUT2D eigenvalue weighted by atomic mass is 9.88. The van der Waals surface area contributed by atoms with Gasteiger partial charge < -0.3 is 14.8 Å². The maximum Gasteiger partial charge on any atom is 0.243 e. The molecule has 0 unspecified atom stereocenters. The molecule has 1 saturated heterocycles. The summed E-state index contributed by atoms with van der Waals surface area (Å²) in [6.07, 6.45) is 1.93. The number of benzene rings is 2. The van der Waals surface area contributed by atoms with Crippen LogP contribution in [-0.4, -0.2) is 44.4 Å². The number of carbonyl (C=O) groups is 1. The highest BCUT2D eigenvalue weighted by Crippen LogP contribution is 2.41. The van der Waals surface area contributed by atoms with E-state index < -0.39 is 21.5 Å². The minimum absolute atomic E-state index is 0.123. The minimum Gasteiger partial charge on any atom is -0.497 e. The fraction of sp³-hybridized carbons (Fsp3) is 0.458. The van der Waals surface area contributed by atoms with Crippen molar-refractivity contribution < 1.29 is 22.7 Å². The summed E-state index contributed by atoms with van der Waals surface area (Å²) in [4.78, 5) is 13.5. The van der Waals surface area contributed by atoms with Crippen molar-refractivity contribution in [2.45, 2.75) is 49.6 Å². The van der Waals surface area contributed by atoms with Crippen LogP contribution in [0.1, 0.15) is 44.7 Å². The van der Waals surface area contributed by atoms with E-state index in [2.05, 4.69) is 5.32 Å². The number of nitrogens with one attached hydrogen (secondary N) is 1. The first kappa shape index (κ1) is 22.6. The summed E-state index contributed by atoms with van der Waals surface area (Å²) in [6.45, 7) is 4.59. The molecule has 7 nitrogen and oxygen atoms in total. The number of rotatable bonds is 5. The van der Waals surface area contributed by atoms with Gasteiger partial charge in [0.2, 0.25) is 15.9 Å². The van der Waals surface area contributed by atoms with Crippen LogP contribution in [0.4, 0.5) is 0 Å². The summed E-state index contributed by atoms with van der Waals surface area (Å²) >= 11 is 0. The molecule has 0 aromatic heterocycles. The van der Waals surface area contributed by atoms with Crippen molar-refractivity contribution in [3.05, 3.63) is 54.1 Å². The Morgan fingerprint density at radius 3 is 2.66 bits per heavy atom. The number of amides is 1. The quantitative estimate of drug-likeness (QED) is 0.741. The molecule has 2 heterocycles. The minimum atomic E-state index is -3.62. The van der Waals surface area contributed by atoms with Crippen molar-refractivity contribution in [2.24, 2.45) is 5.92 Å². The molecule has 1 fully saturated rings. The lowest BCUT2D eigenvalue weighted by molar-refractivity contribution is -0.127. The number of nitrogens with zero attached hydrogens (tertiary/aromatic N) is 1. The Morgan fingerprint density at radius 1 is 1.19 bits per heavy atom. The van der Waals surface area contributed by atoms with Gasteiger partial charge in [0.15, 0.2) is 0 Å².